The normalized spacial score (nSPS) is 11.6. The van der Waals surface area contributed by atoms with Gasteiger partial charge >= 0.3 is 0 Å². The molecule has 0 radical (unpaired) electrons. The van der Waals surface area contributed by atoms with Crippen molar-refractivity contribution in [3.05, 3.63) is 56.6 Å². The van der Waals surface area contributed by atoms with Crippen molar-refractivity contribution in [2.75, 3.05) is 0 Å². The zero-order valence-corrected chi connectivity index (χ0v) is 11.2. The molecule has 0 fully saturated rings. The van der Waals surface area contributed by atoms with Gasteiger partial charge in [0, 0.05) is 21.5 Å². The van der Waals surface area contributed by atoms with Gasteiger partial charge in [-0.3, -0.25) is 9.20 Å². The Morgan fingerprint density at radius 2 is 2.00 bits per heavy atom. The average Bonchev–Trinajstić information content (AvgIpc) is 2.88. The number of aromatic nitrogens is 2. The van der Waals surface area contributed by atoms with Crippen LogP contribution >= 0.6 is 22.9 Å². The molecular formula is C14H7ClN2OS. The van der Waals surface area contributed by atoms with Crippen molar-refractivity contribution in [3.8, 4) is 0 Å². The van der Waals surface area contributed by atoms with E-state index >= 15 is 0 Å². The van der Waals surface area contributed by atoms with E-state index in [1.807, 2.05) is 41.1 Å². The Morgan fingerprint density at radius 1 is 1.16 bits per heavy atom. The number of hydrogen-bond donors (Lipinski definition) is 0. The number of hydrogen-bond acceptors (Lipinski definition) is 3. The van der Waals surface area contributed by atoms with Crippen molar-refractivity contribution in [2.24, 2.45) is 0 Å². The second-order valence-electron chi connectivity index (χ2n) is 4.30. The highest BCUT2D eigenvalue weighted by Gasteiger charge is 2.11. The first-order valence-corrected chi connectivity index (χ1v) is 7.04. The number of pyridine rings is 1. The van der Waals surface area contributed by atoms with Crippen LogP contribution in [0, 0.1) is 0 Å². The Kier molecular flexibility index (Phi) is 2.19. The van der Waals surface area contributed by atoms with Gasteiger partial charge in [0.05, 0.1) is 5.52 Å². The van der Waals surface area contributed by atoms with Gasteiger partial charge < -0.3 is 0 Å². The standard InChI is InChI=1S/C14H7ClN2OS/c15-13-10-6-19-7-11(10)17-12(16-13)5-8-3-1-2-4-9(8)14(17)18/h1-7H. The van der Waals surface area contributed by atoms with E-state index in [2.05, 4.69) is 4.98 Å². The van der Waals surface area contributed by atoms with Crippen LogP contribution in [0.1, 0.15) is 0 Å². The molecule has 0 unspecified atom stereocenters. The van der Waals surface area contributed by atoms with Crippen molar-refractivity contribution in [1.29, 1.82) is 0 Å². The fraction of sp³-hybridized carbons (Fsp3) is 0. The molecule has 0 atom stereocenters. The van der Waals surface area contributed by atoms with Gasteiger partial charge in [-0.1, -0.05) is 29.8 Å². The molecule has 4 aromatic rings. The molecule has 0 amide bonds. The Bertz CT molecular complexity index is 1000. The Hall–Kier alpha value is -1.91. The van der Waals surface area contributed by atoms with Crippen LogP contribution in [-0.4, -0.2) is 9.38 Å². The summed E-state index contributed by atoms with van der Waals surface area (Å²) in [6.45, 7) is 0. The highest BCUT2D eigenvalue weighted by atomic mass is 35.5. The Morgan fingerprint density at radius 3 is 2.89 bits per heavy atom. The lowest BCUT2D eigenvalue weighted by Gasteiger charge is -2.05. The first-order chi connectivity index (χ1) is 9.25. The van der Waals surface area contributed by atoms with Crippen molar-refractivity contribution in [2.45, 2.75) is 0 Å². The van der Waals surface area contributed by atoms with Crippen LogP contribution in [0.25, 0.3) is 27.3 Å². The molecule has 0 spiro atoms. The van der Waals surface area contributed by atoms with E-state index in [1.165, 1.54) is 11.3 Å². The molecule has 1 aromatic carbocycles. The van der Waals surface area contributed by atoms with Gasteiger partial charge in [0.15, 0.2) is 0 Å². The molecule has 0 bridgehead atoms. The van der Waals surface area contributed by atoms with Gasteiger partial charge in [0.25, 0.3) is 5.56 Å². The summed E-state index contributed by atoms with van der Waals surface area (Å²) in [5.41, 5.74) is 1.34. The third-order valence-corrected chi connectivity index (χ3v) is 4.24. The molecule has 0 saturated heterocycles. The maximum atomic E-state index is 12.6. The van der Waals surface area contributed by atoms with Gasteiger partial charge in [-0.2, -0.15) is 0 Å². The smallest absolute Gasteiger partial charge is 0.264 e. The summed E-state index contributed by atoms with van der Waals surface area (Å²) >= 11 is 7.67. The maximum Gasteiger partial charge on any atom is 0.264 e. The zero-order chi connectivity index (χ0) is 13.0. The molecule has 5 heteroatoms. The van der Waals surface area contributed by atoms with E-state index in [4.69, 9.17) is 11.6 Å². The zero-order valence-electron chi connectivity index (χ0n) is 9.63. The van der Waals surface area contributed by atoms with Crippen molar-refractivity contribution in [1.82, 2.24) is 9.38 Å². The van der Waals surface area contributed by atoms with Crippen LogP contribution in [0.5, 0.6) is 0 Å². The van der Waals surface area contributed by atoms with Crippen LogP contribution in [0.4, 0.5) is 0 Å². The molecular weight excluding hydrogens is 280 g/mol. The Labute approximate surface area is 116 Å². The molecule has 19 heavy (non-hydrogen) atoms. The maximum absolute atomic E-state index is 12.6. The van der Waals surface area contributed by atoms with Gasteiger partial charge in [0.2, 0.25) is 0 Å². The number of benzene rings is 1. The van der Waals surface area contributed by atoms with E-state index in [9.17, 15) is 4.79 Å². The lowest BCUT2D eigenvalue weighted by atomic mass is 10.1. The molecule has 0 aliphatic carbocycles. The van der Waals surface area contributed by atoms with Crippen LogP contribution in [-0.2, 0) is 0 Å². The van der Waals surface area contributed by atoms with Crippen LogP contribution < -0.4 is 5.56 Å². The van der Waals surface area contributed by atoms with Crippen LogP contribution in [0.3, 0.4) is 0 Å². The summed E-state index contributed by atoms with van der Waals surface area (Å²) in [5, 5.41) is 6.65. The quantitative estimate of drug-likeness (QED) is 0.365. The van der Waals surface area contributed by atoms with Gasteiger partial charge in [-0.15, -0.1) is 11.3 Å². The third kappa shape index (κ3) is 1.44. The predicted octanol–water partition coefficient (Wildman–Crippen LogP) is 3.72. The number of nitrogens with zero attached hydrogens (tertiary/aromatic N) is 2. The largest absolute Gasteiger partial charge is 0.268 e. The van der Waals surface area contributed by atoms with E-state index in [-0.39, 0.29) is 5.56 Å². The van der Waals surface area contributed by atoms with Crippen molar-refractivity contribution in [3.63, 3.8) is 0 Å². The third-order valence-electron chi connectivity index (χ3n) is 3.23. The minimum absolute atomic E-state index is 0.0549. The lowest BCUT2D eigenvalue weighted by Crippen LogP contribution is -2.15. The summed E-state index contributed by atoms with van der Waals surface area (Å²) in [7, 11) is 0. The molecule has 0 aliphatic heterocycles. The van der Waals surface area contributed by atoms with E-state index in [0.29, 0.717) is 16.2 Å². The average molecular weight is 287 g/mol. The van der Waals surface area contributed by atoms with E-state index in [1.54, 1.807) is 4.40 Å². The first-order valence-electron chi connectivity index (χ1n) is 5.71. The number of fused-ring (bicyclic) bond motifs is 4. The van der Waals surface area contributed by atoms with Gasteiger partial charge in [-0.25, -0.2) is 4.98 Å². The highest BCUT2D eigenvalue weighted by molar-refractivity contribution is 7.09. The van der Waals surface area contributed by atoms with E-state index < -0.39 is 0 Å². The molecule has 4 rings (SSSR count). The molecule has 3 heterocycles. The molecule has 92 valence electrons. The molecule has 3 nitrogen and oxygen atoms in total. The summed E-state index contributed by atoms with van der Waals surface area (Å²) in [4.78, 5) is 16.9. The van der Waals surface area contributed by atoms with Crippen molar-refractivity contribution < 1.29 is 0 Å². The topological polar surface area (TPSA) is 34.4 Å². The fourth-order valence-electron chi connectivity index (χ4n) is 2.34. The predicted molar refractivity (Wildman–Crippen MR) is 79.4 cm³/mol. The second kappa shape index (κ2) is 3.79. The molecule has 0 N–H and O–H groups in total. The Balaban J connectivity index is 2.40. The van der Waals surface area contributed by atoms with E-state index in [0.717, 1.165) is 16.3 Å². The highest BCUT2D eigenvalue weighted by Crippen LogP contribution is 2.26. The minimum Gasteiger partial charge on any atom is -0.268 e. The summed E-state index contributed by atoms with van der Waals surface area (Å²) in [6, 6.07) is 9.40. The van der Waals surface area contributed by atoms with Gasteiger partial charge in [-0.05, 0) is 17.5 Å². The molecule has 0 saturated carbocycles. The second-order valence-corrected chi connectivity index (χ2v) is 5.41. The van der Waals surface area contributed by atoms with Gasteiger partial charge in [0.1, 0.15) is 10.8 Å². The van der Waals surface area contributed by atoms with Crippen molar-refractivity contribution >= 4 is 50.3 Å². The van der Waals surface area contributed by atoms with Crippen LogP contribution in [0.15, 0.2) is 45.9 Å². The number of halogens is 1. The fourth-order valence-corrected chi connectivity index (χ4v) is 3.44. The number of rotatable bonds is 0. The molecule has 3 aromatic heterocycles. The van der Waals surface area contributed by atoms with Crippen LogP contribution in [0.2, 0.25) is 5.15 Å². The summed E-state index contributed by atoms with van der Waals surface area (Å²) in [5.74, 6) is 0. The SMILES string of the molecule is O=c1c2ccccc2cc2nc(Cl)c3cscc3n12. The lowest BCUT2D eigenvalue weighted by molar-refractivity contribution is 1.13. The summed E-state index contributed by atoms with van der Waals surface area (Å²) < 4.78 is 1.63. The minimum atomic E-state index is -0.0549. The molecule has 0 aliphatic rings. The number of thiophene rings is 1. The monoisotopic (exact) mass is 286 g/mol. The first kappa shape index (κ1) is 11.0. The summed E-state index contributed by atoms with van der Waals surface area (Å²) in [6.07, 6.45) is 0.